The van der Waals surface area contributed by atoms with Crippen LogP contribution < -0.4 is 33.0 Å². The van der Waals surface area contributed by atoms with E-state index in [1.54, 1.807) is 0 Å². The van der Waals surface area contributed by atoms with Gasteiger partial charge in [-0.15, -0.1) is 0 Å². The predicted octanol–water partition coefficient (Wildman–Crippen LogP) is 0.329. The van der Waals surface area contributed by atoms with Crippen molar-refractivity contribution in [2.24, 2.45) is 7.05 Å². The van der Waals surface area contributed by atoms with Gasteiger partial charge in [0.25, 0.3) is 0 Å². The second kappa shape index (κ2) is 6.53. The lowest BCUT2D eigenvalue weighted by atomic mass is 9.99. The van der Waals surface area contributed by atoms with Crippen LogP contribution in [0, 0.1) is 0 Å². The minimum atomic E-state index is 0. The fourth-order valence-electron chi connectivity index (χ4n) is 3.06. The van der Waals surface area contributed by atoms with Crippen molar-refractivity contribution in [1.82, 2.24) is 0 Å². The summed E-state index contributed by atoms with van der Waals surface area (Å²) in [5.41, 5.74) is 16.1. The molecule has 1 aromatic heterocycles. The first-order chi connectivity index (χ1) is 10.1. The molecule has 0 radical (unpaired) electrons. The number of aromatic nitrogens is 1. The third-order valence-corrected chi connectivity index (χ3v) is 4.20. The zero-order chi connectivity index (χ0) is 15.0. The smallest absolute Gasteiger partial charge is 0.215 e. The zero-order valence-electron chi connectivity index (χ0n) is 13.1. The van der Waals surface area contributed by atoms with Gasteiger partial charge in [0.15, 0.2) is 5.69 Å². The summed E-state index contributed by atoms with van der Waals surface area (Å²) in [5, 5.41) is 3.73. The van der Waals surface area contributed by atoms with Crippen molar-refractivity contribution in [3.63, 3.8) is 0 Å². The first-order valence-electron chi connectivity index (χ1n) is 7.51. The summed E-state index contributed by atoms with van der Waals surface area (Å²) in [6.45, 7) is 2.22. The van der Waals surface area contributed by atoms with E-state index in [9.17, 15) is 0 Å². The van der Waals surface area contributed by atoms with Gasteiger partial charge in [-0.05, 0) is 30.7 Å². The molecule has 4 heteroatoms. The van der Waals surface area contributed by atoms with E-state index in [4.69, 9.17) is 11.5 Å². The van der Waals surface area contributed by atoms with Gasteiger partial charge in [-0.2, -0.15) is 4.57 Å². The van der Waals surface area contributed by atoms with Crippen molar-refractivity contribution < 1.29 is 21.5 Å². The number of halogens is 1. The number of fused-ring (bicyclic) bond motifs is 3. The Hall–Kier alpha value is -1.81. The van der Waals surface area contributed by atoms with Gasteiger partial charge < -0.3 is 28.4 Å². The van der Waals surface area contributed by atoms with E-state index in [1.165, 1.54) is 40.2 Å². The number of anilines is 2. The van der Waals surface area contributed by atoms with Gasteiger partial charge in [0, 0.05) is 29.2 Å². The monoisotopic (exact) mass is 359 g/mol. The molecule has 0 unspecified atom stereocenters. The van der Waals surface area contributed by atoms with Crippen LogP contribution in [-0.2, 0) is 13.5 Å². The van der Waals surface area contributed by atoms with E-state index < -0.39 is 0 Å². The number of hydrogen-bond acceptors (Lipinski definition) is 2. The van der Waals surface area contributed by atoms with Crippen LogP contribution in [-0.4, -0.2) is 0 Å². The molecule has 1 heterocycles. The van der Waals surface area contributed by atoms with Gasteiger partial charge >= 0.3 is 0 Å². The maximum absolute atomic E-state index is 6.01. The summed E-state index contributed by atoms with van der Waals surface area (Å²) >= 11 is 0. The Morgan fingerprint density at radius 2 is 1.55 bits per heavy atom. The predicted molar refractivity (Wildman–Crippen MR) is 90.1 cm³/mol. The second-order valence-corrected chi connectivity index (χ2v) is 5.69. The fourth-order valence-corrected chi connectivity index (χ4v) is 3.06. The lowest BCUT2D eigenvalue weighted by Crippen LogP contribution is -3.00. The Morgan fingerprint density at radius 1 is 0.909 bits per heavy atom. The minimum absolute atomic E-state index is 0. The molecule has 0 aliphatic rings. The van der Waals surface area contributed by atoms with Gasteiger partial charge in [-0.1, -0.05) is 19.4 Å². The highest BCUT2D eigenvalue weighted by molar-refractivity contribution is 6.06. The number of aryl methyl sites for hydroxylation is 2. The number of nitrogen functional groups attached to an aromatic ring is 2. The van der Waals surface area contributed by atoms with Crippen molar-refractivity contribution >= 4 is 33.1 Å². The Kier molecular flexibility index (Phi) is 4.91. The highest BCUT2D eigenvalue weighted by Gasteiger charge is 2.18. The van der Waals surface area contributed by atoms with Crippen molar-refractivity contribution in [2.75, 3.05) is 11.5 Å². The van der Waals surface area contributed by atoms with Crippen LogP contribution in [0.25, 0.3) is 21.7 Å². The van der Waals surface area contributed by atoms with Gasteiger partial charge in [-0.25, -0.2) is 0 Å². The quantitative estimate of drug-likeness (QED) is 0.402. The molecular weight excluding hydrogens is 338 g/mol. The van der Waals surface area contributed by atoms with E-state index in [1.807, 2.05) is 12.1 Å². The molecule has 0 spiro atoms. The Morgan fingerprint density at radius 3 is 2.23 bits per heavy atom. The Labute approximate surface area is 141 Å². The molecule has 22 heavy (non-hydrogen) atoms. The largest absolute Gasteiger partial charge is 1.00 e. The normalized spacial score (nSPS) is 10.8. The molecule has 116 valence electrons. The molecule has 0 aliphatic carbocycles. The maximum Gasteiger partial charge on any atom is 0.215 e. The number of benzene rings is 2. The Balaban J connectivity index is 0.00000176. The summed E-state index contributed by atoms with van der Waals surface area (Å²) < 4.78 is 2.27. The molecule has 3 nitrogen and oxygen atoms in total. The summed E-state index contributed by atoms with van der Waals surface area (Å²) in [6, 6.07) is 12.3. The van der Waals surface area contributed by atoms with Crippen LogP contribution >= 0.6 is 0 Å². The lowest BCUT2D eigenvalue weighted by Gasteiger charge is -2.10. The topological polar surface area (TPSA) is 55.9 Å². The number of unbranched alkanes of at least 4 members (excludes halogenated alkanes) is 1. The number of hydrogen-bond donors (Lipinski definition) is 2. The summed E-state index contributed by atoms with van der Waals surface area (Å²) in [5.74, 6) is 0. The first-order valence-corrected chi connectivity index (χ1v) is 7.51. The Bertz CT molecular complexity index is 828. The molecule has 0 amide bonds. The molecule has 0 fully saturated rings. The van der Waals surface area contributed by atoms with E-state index in [2.05, 4.69) is 42.8 Å². The van der Waals surface area contributed by atoms with Crippen molar-refractivity contribution in [3.05, 3.63) is 42.1 Å². The van der Waals surface area contributed by atoms with Gasteiger partial charge in [0.05, 0.1) is 10.8 Å². The zero-order valence-corrected chi connectivity index (χ0v) is 14.7. The average molecular weight is 360 g/mol. The number of rotatable bonds is 3. The van der Waals surface area contributed by atoms with Crippen LogP contribution in [0.15, 0.2) is 36.4 Å². The lowest BCUT2D eigenvalue weighted by molar-refractivity contribution is -0.651. The molecule has 3 rings (SSSR count). The molecule has 0 aliphatic heterocycles. The van der Waals surface area contributed by atoms with Gasteiger partial charge in [0.1, 0.15) is 7.05 Å². The number of pyridine rings is 1. The van der Waals surface area contributed by atoms with E-state index in [-0.39, 0.29) is 17.0 Å². The number of nitrogens with zero attached hydrogens (tertiary/aromatic N) is 1. The standard InChI is InChI=1S/C18H21N3.BrH/c1-3-4-5-17-16-10-12(19)6-8-14(16)15-9-7-13(20)11-18(15)21(17)2;/h6-11,20H,3-5,19H2,1-2H3;1H. The van der Waals surface area contributed by atoms with Crippen LogP contribution in [0.2, 0.25) is 0 Å². The van der Waals surface area contributed by atoms with Crippen molar-refractivity contribution in [3.8, 4) is 0 Å². The molecule has 0 atom stereocenters. The summed E-state index contributed by atoms with van der Waals surface area (Å²) in [7, 11) is 2.12. The van der Waals surface area contributed by atoms with E-state index in [0.29, 0.717) is 0 Å². The first kappa shape index (κ1) is 16.6. The van der Waals surface area contributed by atoms with Crippen LogP contribution in [0.4, 0.5) is 11.4 Å². The fraction of sp³-hybridized carbons (Fsp3) is 0.278. The van der Waals surface area contributed by atoms with E-state index >= 15 is 0 Å². The SMILES string of the molecule is CCCCc1c2cc(N)ccc2c2ccc(N)cc2[n+]1C.[Br-]. The molecule has 0 saturated carbocycles. The molecular formula is C18H22BrN3. The van der Waals surface area contributed by atoms with Crippen LogP contribution in [0.5, 0.6) is 0 Å². The molecule has 0 bridgehead atoms. The molecule has 0 saturated heterocycles. The van der Waals surface area contributed by atoms with Crippen molar-refractivity contribution in [2.45, 2.75) is 26.2 Å². The van der Waals surface area contributed by atoms with Gasteiger partial charge in [0.2, 0.25) is 5.52 Å². The highest BCUT2D eigenvalue weighted by atomic mass is 79.9. The van der Waals surface area contributed by atoms with Crippen LogP contribution in [0.1, 0.15) is 25.5 Å². The van der Waals surface area contributed by atoms with E-state index in [0.717, 1.165) is 17.8 Å². The average Bonchev–Trinajstić information content (AvgIpc) is 2.47. The van der Waals surface area contributed by atoms with Crippen LogP contribution in [0.3, 0.4) is 0 Å². The maximum atomic E-state index is 6.01. The van der Waals surface area contributed by atoms with Gasteiger partial charge in [-0.3, -0.25) is 0 Å². The molecule has 4 N–H and O–H groups in total. The third kappa shape index (κ3) is 2.75. The van der Waals surface area contributed by atoms with Crippen molar-refractivity contribution in [1.29, 1.82) is 0 Å². The molecule has 3 aromatic rings. The molecule has 2 aromatic carbocycles. The summed E-state index contributed by atoms with van der Waals surface area (Å²) in [6.07, 6.45) is 3.40. The number of nitrogens with two attached hydrogens (primary N) is 2. The minimum Gasteiger partial charge on any atom is -1.00 e. The second-order valence-electron chi connectivity index (χ2n) is 5.69. The third-order valence-electron chi connectivity index (χ3n) is 4.20. The highest BCUT2D eigenvalue weighted by Crippen LogP contribution is 2.28. The summed E-state index contributed by atoms with van der Waals surface area (Å²) in [4.78, 5) is 0.